The van der Waals surface area contributed by atoms with Gasteiger partial charge in [0.2, 0.25) is 5.88 Å². The molecule has 0 saturated carbocycles. The zero-order valence-corrected chi connectivity index (χ0v) is 15.6. The van der Waals surface area contributed by atoms with Crippen LogP contribution >= 0.6 is 0 Å². The lowest BCUT2D eigenvalue weighted by Crippen LogP contribution is -2.29. The number of aromatic nitrogens is 4. The first-order chi connectivity index (χ1) is 13.6. The molecule has 144 valence electrons. The lowest BCUT2D eigenvalue weighted by Gasteiger charge is -2.10. The van der Waals surface area contributed by atoms with E-state index in [4.69, 9.17) is 4.74 Å². The third kappa shape index (κ3) is 5.37. The summed E-state index contributed by atoms with van der Waals surface area (Å²) < 4.78 is 5.03. The monoisotopic (exact) mass is 379 g/mol. The van der Waals surface area contributed by atoms with Crippen molar-refractivity contribution in [3.63, 3.8) is 0 Å². The minimum Gasteiger partial charge on any atom is -0.481 e. The first-order valence-electron chi connectivity index (χ1n) is 8.70. The maximum absolute atomic E-state index is 12.2. The highest BCUT2D eigenvalue weighted by molar-refractivity contribution is 5.94. The topological polar surface area (TPSA) is 114 Å². The SMILES string of the molecule is COc1cc(C(=O)NCCNc2cc(Nc3ccccn3)nc(C)n2)ccn1. The first-order valence-corrected chi connectivity index (χ1v) is 8.70. The van der Waals surface area contributed by atoms with Gasteiger partial charge in [0.15, 0.2) is 0 Å². The van der Waals surface area contributed by atoms with E-state index in [0.717, 1.165) is 0 Å². The standard InChI is InChI=1S/C19H21N7O2/c1-13-24-16(12-17(25-13)26-15-5-3-4-7-20-15)21-9-10-23-19(27)14-6-8-22-18(11-14)28-2/h3-8,11-12H,9-10H2,1-2H3,(H,23,27)(H2,20,21,24,25,26). The Morgan fingerprint density at radius 2 is 1.86 bits per heavy atom. The molecule has 0 atom stereocenters. The normalized spacial score (nSPS) is 10.2. The van der Waals surface area contributed by atoms with Crippen LogP contribution in [0.15, 0.2) is 48.8 Å². The second kappa shape index (κ2) is 9.26. The van der Waals surface area contributed by atoms with E-state index in [0.29, 0.717) is 47.8 Å². The van der Waals surface area contributed by atoms with Crippen LogP contribution in [0.1, 0.15) is 16.2 Å². The van der Waals surface area contributed by atoms with Crippen LogP contribution in [0.4, 0.5) is 17.5 Å². The second-order valence-corrected chi connectivity index (χ2v) is 5.80. The van der Waals surface area contributed by atoms with Crippen molar-refractivity contribution in [2.24, 2.45) is 0 Å². The quantitative estimate of drug-likeness (QED) is 0.510. The molecule has 9 nitrogen and oxygen atoms in total. The third-order valence-corrected chi connectivity index (χ3v) is 3.68. The molecule has 3 aromatic rings. The lowest BCUT2D eigenvalue weighted by atomic mass is 10.2. The second-order valence-electron chi connectivity index (χ2n) is 5.80. The van der Waals surface area contributed by atoms with Crippen molar-refractivity contribution in [1.29, 1.82) is 0 Å². The number of amides is 1. The molecule has 28 heavy (non-hydrogen) atoms. The summed E-state index contributed by atoms with van der Waals surface area (Å²) in [6.45, 7) is 2.75. The molecular weight excluding hydrogens is 358 g/mol. The van der Waals surface area contributed by atoms with Crippen LogP contribution in [0.25, 0.3) is 0 Å². The number of aryl methyl sites for hydroxylation is 1. The lowest BCUT2D eigenvalue weighted by molar-refractivity contribution is 0.0954. The molecule has 0 fully saturated rings. The molecule has 0 aromatic carbocycles. The highest BCUT2D eigenvalue weighted by atomic mass is 16.5. The van der Waals surface area contributed by atoms with Crippen LogP contribution in [-0.4, -0.2) is 46.0 Å². The van der Waals surface area contributed by atoms with Gasteiger partial charge >= 0.3 is 0 Å². The van der Waals surface area contributed by atoms with Gasteiger partial charge < -0.3 is 20.7 Å². The molecule has 0 aliphatic carbocycles. The molecule has 0 radical (unpaired) electrons. The maximum Gasteiger partial charge on any atom is 0.251 e. The summed E-state index contributed by atoms with van der Waals surface area (Å²) in [7, 11) is 1.51. The van der Waals surface area contributed by atoms with Crippen LogP contribution in [0.5, 0.6) is 5.88 Å². The Labute approximate surface area is 162 Å². The molecule has 0 aliphatic heterocycles. The van der Waals surface area contributed by atoms with Crippen molar-refractivity contribution >= 4 is 23.4 Å². The first kappa shape index (κ1) is 19.0. The molecule has 3 N–H and O–H groups in total. The van der Waals surface area contributed by atoms with Gasteiger partial charge in [-0.25, -0.2) is 19.9 Å². The number of nitrogens with one attached hydrogen (secondary N) is 3. The van der Waals surface area contributed by atoms with Gasteiger partial charge in [0.1, 0.15) is 23.3 Å². The summed E-state index contributed by atoms with van der Waals surface area (Å²) in [6.07, 6.45) is 3.24. The Hall–Kier alpha value is -3.75. The Kier molecular flexibility index (Phi) is 6.29. The number of hydrogen-bond acceptors (Lipinski definition) is 8. The molecule has 3 aromatic heterocycles. The van der Waals surface area contributed by atoms with Crippen LogP contribution in [0.2, 0.25) is 0 Å². The fourth-order valence-corrected chi connectivity index (χ4v) is 2.42. The van der Waals surface area contributed by atoms with Gasteiger partial charge in [0.25, 0.3) is 5.91 Å². The number of ether oxygens (including phenoxy) is 1. The van der Waals surface area contributed by atoms with Crippen molar-refractivity contribution in [2.45, 2.75) is 6.92 Å². The van der Waals surface area contributed by atoms with E-state index in [9.17, 15) is 4.79 Å². The van der Waals surface area contributed by atoms with E-state index < -0.39 is 0 Å². The average Bonchev–Trinajstić information content (AvgIpc) is 2.71. The van der Waals surface area contributed by atoms with Gasteiger partial charge in [0, 0.05) is 43.2 Å². The molecule has 0 bridgehead atoms. The van der Waals surface area contributed by atoms with E-state index in [2.05, 4.69) is 35.9 Å². The minimum absolute atomic E-state index is 0.195. The highest BCUT2D eigenvalue weighted by Gasteiger charge is 2.07. The number of methoxy groups -OCH3 is 1. The van der Waals surface area contributed by atoms with Crippen molar-refractivity contribution in [3.8, 4) is 5.88 Å². The average molecular weight is 379 g/mol. The van der Waals surface area contributed by atoms with Crippen molar-refractivity contribution in [2.75, 3.05) is 30.8 Å². The van der Waals surface area contributed by atoms with Gasteiger partial charge in [-0.2, -0.15) is 0 Å². The van der Waals surface area contributed by atoms with E-state index in [1.807, 2.05) is 25.1 Å². The molecule has 0 aliphatic rings. The van der Waals surface area contributed by atoms with Gasteiger partial charge in [0.05, 0.1) is 7.11 Å². The Morgan fingerprint density at radius 3 is 2.64 bits per heavy atom. The summed E-state index contributed by atoms with van der Waals surface area (Å²) in [5.74, 6) is 2.82. The van der Waals surface area contributed by atoms with Gasteiger partial charge in [-0.3, -0.25) is 4.79 Å². The highest BCUT2D eigenvalue weighted by Crippen LogP contribution is 2.15. The number of hydrogen-bond donors (Lipinski definition) is 3. The predicted octanol–water partition coefficient (Wildman–Crippen LogP) is 2.17. The number of pyridine rings is 2. The molecule has 0 spiro atoms. The molecule has 3 rings (SSSR count). The number of rotatable bonds is 8. The number of anilines is 3. The Bertz CT molecular complexity index is 935. The van der Waals surface area contributed by atoms with Gasteiger partial charge in [-0.05, 0) is 25.1 Å². The van der Waals surface area contributed by atoms with E-state index in [-0.39, 0.29) is 5.91 Å². The van der Waals surface area contributed by atoms with E-state index in [1.54, 1.807) is 24.4 Å². The summed E-state index contributed by atoms with van der Waals surface area (Å²) in [6, 6.07) is 10.6. The molecule has 9 heteroatoms. The van der Waals surface area contributed by atoms with Crippen molar-refractivity contribution in [1.82, 2.24) is 25.3 Å². The predicted molar refractivity (Wildman–Crippen MR) is 106 cm³/mol. The summed E-state index contributed by atoms with van der Waals surface area (Å²) in [5.41, 5.74) is 0.492. The van der Waals surface area contributed by atoms with Crippen molar-refractivity contribution < 1.29 is 9.53 Å². The molecular formula is C19H21N7O2. The fraction of sp³-hybridized carbons (Fsp3) is 0.211. The van der Waals surface area contributed by atoms with Crippen molar-refractivity contribution in [3.05, 3.63) is 60.2 Å². The molecule has 3 heterocycles. The zero-order valence-electron chi connectivity index (χ0n) is 15.6. The van der Waals surface area contributed by atoms with Crippen LogP contribution in [0.3, 0.4) is 0 Å². The molecule has 0 saturated heterocycles. The third-order valence-electron chi connectivity index (χ3n) is 3.68. The summed E-state index contributed by atoms with van der Waals surface area (Å²) in [5, 5.41) is 9.15. The number of carbonyl (C=O) groups excluding carboxylic acids is 1. The maximum atomic E-state index is 12.2. The van der Waals surface area contributed by atoms with Crippen LogP contribution < -0.4 is 20.7 Å². The van der Waals surface area contributed by atoms with E-state index in [1.165, 1.54) is 13.3 Å². The minimum atomic E-state index is -0.195. The van der Waals surface area contributed by atoms with E-state index >= 15 is 0 Å². The summed E-state index contributed by atoms with van der Waals surface area (Å²) in [4.78, 5) is 29.1. The summed E-state index contributed by atoms with van der Waals surface area (Å²) >= 11 is 0. The van der Waals surface area contributed by atoms with Gasteiger partial charge in [-0.1, -0.05) is 6.07 Å². The zero-order chi connectivity index (χ0) is 19.8. The molecule has 0 unspecified atom stereocenters. The number of carbonyl (C=O) groups is 1. The molecule has 1 amide bonds. The van der Waals surface area contributed by atoms with Crippen LogP contribution in [-0.2, 0) is 0 Å². The Balaban J connectivity index is 1.52. The Morgan fingerprint density at radius 1 is 1.00 bits per heavy atom. The smallest absolute Gasteiger partial charge is 0.251 e. The van der Waals surface area contributed by atoms with Crippen LogP contribution in [0, 0.1) is 6.92 Å². The number of nitrogens with zero attached hydrogens (tertiary/aromatic N) is 4. The van der Waals surface area contributed by atoms with Gasteiger partial charge in [-0.15, -0.1) is 0 Å². The fourth-order valence-electron chi connectivity index (χ4n) is 2.42. The largest absolute Gasteiger partial charge is 0.481 e.